The standard InChI is InChI=1S/C10H22.C7H15NO.C7H16.C6H12O3.C6H14O2.C5H11NO.C5H12O2.C5H10O2.C5H12.C4H10S.C4H10.C3H8O3S/c1-4-7-8-9-10(5-2)6-3;1-3-5-7(9)8-6-4-2;1-5-7(3,4)6-2;1-3-6(7)9-5-4-8-2;1-3-4-8-6-5-7-2;1-3-4-6-5(2)7;1-5(2,6-3)7-4;1-3-4-7-5(2)6;1-3-5-4-2;1-3-4-5-2;1-3-4-2;1-3-6-7(2,4)5/h10H,4-9H2,1-3H3;3-6H2,1-2H3,(H,8,9);5-6H2,1-4H3;3-5H2,1-2H3;3-6H2,1-2H3;3-4H2,1-2H3,(H,6,7);1-4H3;3-4H2,1-2H3;3-5H2,1-2H3;3-4H2,1-2H3;3-4H2,1-2H3;3H2,1-2H3. The Kier molecular flexibility index (Phi) is 131. The fourth-order valence-electron chi connectivity index (χ4n) is 4.34. The predicted octanol–water partition coefficient (Wildman–Crippen LogP) is 18.0. The van der Waals surface area contributed by atoms with Crippen molar-refractivity contribution in [2.75, 3.05) is 106 Å². The van der Waals surface area contributed by atoms with E-state index >= 15 is 0 Å². The molecule has 526 valence electrons. The van der Waals surface area contributed by atoms with Crippen LogP contribution in [0, 0.1) is 11.3 Å². The number of thioether (sulfide) groups is 1. The predicted molar refractivity (Wildman–Crippen MR) is 372 cm³/mol. The number of carbonyl (C=O) groups excluding carboxylic acids is 4. The molecular weight excluding hydrogens is 1120 g/mol. The maximum Gasteiger partial charge on any atom is 0.305 e. The molecule has 0 heterocycles. The summed E-state index contributed by atoms with van der Waals surface area (Å²) in [6, 6.07) is 0. The van der Waals surface area contributed by atoms with Crippen LogP contribution in [-0.4, -0.2) is 144 Å². The van der Waals surface area contributed by atoms with E-state index in [1.165, 1.54) is 109 Å². The number of esters is 2. The van der Waals surface area contributed by atoms with Crippen LogP contribution < -0.4 is 10.6 Å². The van der Waals surface area contributed by atoms with E-state index < -0.39 is 15.9 Å². The first-order valence-corrected chi connectivity index (χ1v) is 36.0. The zero-order valence-electron chi connectivity index (χ0n) is 62.0. The number of nitrogens with one attached hydrogen (secondary N) is 2. The van der Waals surface area contributed by atoms with Gasteiger partial charge in [0.2, 0.25) is 11.8 Å². The molecule has 0 aromatic rings. The molecule has 0 spiro atoms. The highest BCUT2D eigenvalue weighted by Gasteiger charge is 2.12. The summed E-state index contributed by atoms with van der Waals surface area (Å²) in [6.07, 6.45) is 28.3. The van der Waals surface area contributed by atoms with E-state index in [9.17, 15) is 27.6 Å². The Balaban J connectivity index is -0.0000000688. The summed E-state index contributed by atoms with van der Waals surface area (Å²) in [4.78, 5) is 41.2. The van der Waals surface area contributed by atoms with Crippen molar-refractivity contribution >= 4 is 45.6 Å². The van der Waals surface area contributed by atoms with Crippen molar-refractivity contribution in [3.63, 3.8) is 0 Å². The Hall–Kier alpha value is -2.06. The summed E-state index contributed by atoms with van der Waals surface area (Å²) < 4.78 is 57.7. The maximum absolute atomic E-state index is 10.7. The van der Waals surface area contributed by atoms with Gasteiger partial charge in [0.15, 0.2) is 5.79 Å². The van der Waals surface area contributed by atoms with Crippen LogP contribution in [0.2, 0.25) is 0 Å². The highest BCUT2D eigenvalue weighted by atomic mass is 32.2. The van der Waals surface area contributed by atoms with Crippen molar-refractivity contribution in [3.05, 3.63) is 0 Å². The smallest absolute Gasteiger partial charge is 0.305 e. The quantitative estimate of drug-likeness (QED) is 0.0267. The molecule has 2 amide bonds. The Bertz CT molecular complexity index is 1230. The van der Waals surface area contributed by atoms with Gasteiger partial charge in [-0.05, 0) is 82.6 Å². The molecule has 85 heavy (non-hydrogen) atoms. The summed E-state index contributed by atoms with van der Waals surface area (Å²) in [5.74, 6) is 1.77. The molecule has 0 radical (unpaired) electrons. The SMILES string of the molecule is CCC(=O)OCCOC.CCC(C)(C)CC.CCCC.CCCCC.CCCCCC(CC)CC.CCCNC(=O)CCC.CCCNC(C)=O.CCCOC(C)=O.CCCOCCOC.CCCSC.CCOS(C)(=O)=O.COC(C)(C)OC. The molecule has 0 fully saturated rings. The summed E-state index contributed by atoms with van der Waals surface area (Å²) in [6.45, 7) is 52.6. The Labute approximate surface area is 536 Å². The molecule has 0 bridgehead atoms. The van der Waals surface area contributed by atoms with E-state index in [1.807, 2.05) is 53.3 Å². The average Bonchev–Trinajstić information content (AvgIpc) is 3.47. The fraction of sp³-hybridized carbons (Fsp3) is 0.940. The molecule has 0 atom stereocenters. The number of amides is 2. The van der Waals surface area contributed by atoms with Crippen molar-refractivity contribution in [3.8, 4) is 0 Å². The number of carbonyl (C=O) groups is 4. The van der Waals surface area contributed by atoms with Crippen LogP contribution in [0.4, 0.5) is 0 Å². The van der Waals surface area contributed by atoms with Crippen LogP contribution in [0.3, 0.4) is 0 Å². The third kappa shape index (κ3) is 173. The van der Waals surface area contributed by atoms with Gasteiger partial charge < -0.3 is 43.8 Å². The normalized spacial score (nSPS) is 9.76. The van der Waals surface area contributed by atoms with Gasteiger partial charge in [0.25, 0.3) is 10.1 Å². The average molecular weight is 1270 g/mol. The maximum atomic E-state index is 10.7. The lowest BCUT2D eigenvalue weighted by Crippen LogP contribution is -2.24. The van der Waals surface area contributed by atoms with Crippen molar-refractivity contribution in [2.24, 2.45) is 11.3 Å². The van der Waals surface area contributed by atoms with Gasteiger partial charge in [-0.3, -0.25) is 23.4 Å². The monoisotopic (exact) mass is 1270 g/mol. The first-order valence-electron chi connectivity index (χ1n) is 32.8. The van der Waals surface area contributed by atoms with E-state index in [0.29, 0.717) is 44.7 Å². The minimum Gasteiger partial charge on any atom is -0.466 e. The zero-order valence-corrected chi connectivity index (χ0v) is 63.7. The Morgan fingerprint density at radius 2 is 0.976 bits per heavy atom. The van der Waals surface area contributed by atoms with E-state index in [0.717, 1.165) is 70.6 Å². The second-order valence-corrected chi connectivity index (χ2v) is 23.0. The van der Waals surface area contributed by atoms with Crippen LogP contribution in [0.25, 0.3) is 0 Å². The number of ether oxygens (including phenoxy) is 7. The molecule has 0 rings (SSSR count). The minimum absolute atomic E-state index is 0.0573. The molecule has 0 aliphatic rings. The van der Waals surface area contributed by atoms with Crippen molar-refractivity contribution in [1.82, 2.24) is 10.6 Å². The number of unbranched alkanes of at least 4 members (excludes halogenated alkanes) is 5. The van der Waals surface area contributed by atoms with Gasteiger partial charge in [0.05, 0.1) is 39.3 Å². The summed E-state index contributed by atoms with van der Waals surface area (Å²) in [5.41, 5.74) is 0.583. The van der Waals surface area contributed by atoms with Crippen molar-refractivity contribution < 1.29 is 64.9 Å². The Morgan fingerprint density at radius 1 is 0.518 bits per heavy atom. The van der Waals surface area contributed by atoms with Gasteiger partial charge in [0.1, 0.15) is 6.61 Å². The Morgan fingerprint density at radius 3 is 1.19 bits per heavy atom. The van der Waals surface area contributed by atoms with Gasteiger partial charge in [-0.25, -0.2) is 0 Å². The number of rotatable bonds is 34. The first kappa shape index (κ1) is 111. The second kappa shape index (κ2) is 101. The van der Waals surface area contributed by atoms with Gasteiger partial charge in [-0.2, -0.15) is 20.2 Å². The lowest BCUT2D eigenvalue weighted by atomic mass is 9.88. The fourth-order valence-corrected chi connectivity index (χ4v) is 5.18. The summed E-state index contributed by atoms with van der Waals surface area (Å²) in [7, 11) is 3.30. The molecule has 0 aromatic heterocycles. The third-order valence-electron chi connectivity index (χ3n) is 11.0. The molecule has 0 saturated heterocycles. The van der Waals surface area contributed by atoms with Crippen molar-refractivity contribution in [2.45, 2.75) is 300 Å². The largest absolute Gasteiger partial charge is 0.466 e. The van der Waals surface area contributed by atoms with Gasteiger partial charge in [-0.15, -0.1) is 0 Å². The number of methoxy groups -OCH3 is 4. The molecule has 0 aliphatic carbocycles. The molecule has 18 heteroatoms. The van der Waals surface area contributed by atoms with Gasteiger partial charge in [-0.1, -0.05) is 208 Å². The highest BCUT2D eigenvalue weighted by Crippen LogP contribution is 2.22. The molecular formula is C67H152N2O14S2. The molecule has 0 unspecified atom stereocenters. The van der Waals surface area contributed by atoms with Crippen molar-refractivity contribution in [1.29, 1.82) is 0 Å². The van der Waals surface area contributed by atoms with Crippen LogP contribution in [0.5, 0.6) is 0 Å². The van der Waals surface area contributed by atoms with E-state index in [2.05, 4.69) is 125 Å². The van der Waals surface area contributed by atoms with E-state index in [1.54, 1.807) is 42.3 Å². The summed E-state index contributed by atoms with van der Waals surface area (Å²) in [5, 5.41) is 5.45. The van der Waals surface area contributed by atoms with Crippen LogP contribution in [-0.2, 0) is 66.6 Å². The molecule has 16 nitrogen and oxygen atoms in total. The molecule has 0 aromatic carbocycles. The second-order valence-electron chi connectivity index (χ2n) is 20.4. The third-order valence-corrected chi connectivity index (χ3v) is 12.5. The first-order chi connectivity index (χ1) is 40.0. The van der Waals surface area contributed by atoms with Gasteiger partial charge in [0, 0.05) is 74.8 Å². The topological polar surface area (TPSA) is 200 Å². The van der Waals surface area contributed by atoms with Crippen LogP contribution >= 0.6 is 11.8 Å². The van der Waals surface area contributed by atoms with Crippen LogP contribution in [0.15, 0.2) is 0 Å². The number of hydrogen-bond acceptors (Lipinski definition) is 15. The van der Waals surface area contributed by atoms with E-state index in [4.69, 9.17) is 18.9 Å². The lowest BCUT2D eigenvalue weighted by Gasteiger charge is -2.19. The zero-order chi connectivity index (χ0) is 69.1. The number of hydrogen-bond donors (Lipinski definition) is 2. The van der Waals surface area contributed by atoms with Crippen LogP contribution in [0.1, 0.15) is 294 Å². The molecule has 0 aliphatic heterocycles. The van der Waals surface area contributed by atoms with E-state index in [-0.39, 0.29) is 30.4 Å². The summed E-state index contributed by atoms with van der Waals surface area (Å²) >= 11 is 1.90. The highest BCUT2D eigenvalue weighted by molar-refractivity contribution is 7.98. The minimum atomic E-state index is -3.17. The lowest BCUT2D eigenvalue weighted by molar-refractivity contribution is -0.178. The molecule has 2 N–H and O–H groups in total. The molecule has 0 saturated carbocycles. The van der Waals surface area contributed by atoms with Gasteiger partial charge >= 0.3 is 11.9 Å².